The molecule has 0 aromatic rings. The highest BCUT2D eigenvalue weighted by Gasteiger charge is 2.26. The molecule has 106 valence electrons. The summed E-state index contributed by atoms with van der Waals surface area (Å²) >= 11 is 0. The Morgan fingerprint density at radius 3 is 2.28 bits per heavy atom. The zero-order chi connectivity index (χ0) is 12.8. The van der Waals surface area contributed by atoms with E-state index in [0.29, 0.717) is 0 Å². The average Bonchev–Trinajstić information content (AvgIpc) is 3.00. The molecule has 2 fully saturated rings. The highest BCUT2D eigenvalue weighted by molar-refractivity contribution is 4.83. The topological polar surface area (TPSA) is 15.3 Å². The monoisotopic (exact) mass is 252 g/mol. The van der Waals surface area contributed by atoms with Crippen molar-refractivity contribution >= 4 is 0 Å². The molecule has 2 heteroatoms. The molecule has 0 bridgehead atoms. The van der Waals surface area contributed by atoms with Crippen LogP contribution in [0.4, 0.5) is 0 Å². The maximum atomic E-state index is 3.74. The van der Waals surface area contributed by atoms with Crippen molar-refractivity contribution < 1.29 is 0 Å². The normalized spacial score (nSPS) is 24.2. The average molecular weight is 252 g/mol. The molecule has 1 N–H and O–H groups in total. The second-order valence-electron chi connectivity index (χ2n) is 6.58. The molecule has 2 rings (SSSR count). The molecule has 0 aliphatic heterocycles. The van der Waals surface area contributed by atoms with Gasteiger partial charge in [0.15, 0.2) is 0 Å². The van der Waals surface area contributed by atoms with E-state index in [0.717, 1.165) is 24.4 Å². The molecule has 1 unspecified atom stereocenters. The van der Waals surface area contributed by atoms with Crippen molar-refractivity contribution in [3.63, 3.8) is 0 Å². The Hall–Kier alpha value is -0.0800. The summed E-state index contributed by atoms with van der Waals surface area (Å²) in [6.45, 7) is 5.96. The van der Waals surface area contributed by atoms with E-state index in [1.165, 1.54) is 64.5 Å². The van der Waals surface area contributed by atoms with Crippen molar-refractivity contribution in [2.45, 2.75) is 64.3 Å². The van der Waals surface area contributed by atoms with Gasteiger partial charge in [0.2, 0.25) is 0 Å². The SMILES string of the molecule is CCNC(CN(C)CC1CCCC1)C1CCCC1. The molecule has 0 amide bonds. The van der Waals surface area contributed by atoms with Crippen molar-refractivity contribution in [2.75, 3.05) is 26.7 Å². The minimum atomic E-state index is 0.740. The van der Waals surface area contributed by atoms with Gasteiger partial charge in [-0.1, -0.05) is 32.6 Å². The van der Waals surface area contributed by atoms with Crippen LogP contribution in [0.15, 0.2) is 0 Å². The lowest BCUT2D eigenvalue weighted by Gasteiger charge is -2.30. The van der Waals surface area contributed by atoms with Gasteiger partial charge in [0, 0.05) is 19.1 Å². The predicted molar refractivity (Wildman–Crippen MR) is 78.9 cm³/mol. The third-order valence-electron chi connectivity index (χ3n) is 4.99. The van der Waals surface area contributed by atoms with Crippen LogP contribution in [0.25, 0.3) is 0 Å². The van der Waals surface area contributed by atoms with Crippen molar-refractivity contribution in [1.82, 2.24) is 10.2 Å². The smallest absolute Gasteiger partial charge is 0.0222 e. The van der Waals surface area contributed by atoms with E-state index in [9.17, 15) is 0 Å². The van der Waals surface area contributed by atoms with Gasteiger partial charge in [0.25, 0.3) is 0 Å². The summed E-state index contributed by atoms with van der Waals surface area (Å²) in [6, 6.07) is 0.740. The van der Waals surface area contributed by atoms with Crippen LogP contribution in [0.3, 0.4) is 0 Å². The van der Waals surface area contributed by atoms with Gasteiger partial charge in [-0.2, -0.15) is 0 Å². The minimum absolute atomic E-state index is 0.740. The van der Waals surface area contributed by atoms with Crippen LogP contribution in [0.2, 0.25) is 0 Å². The molecule has 0 radical (unpaired) electrons. The molecule has 18 heavy (non-hydrogen) atoms. The number of likely N-dealkylation sites (N-methyl/N-ethyl adjacent to an activating group) is 2. The fourth-order valence-corrected chi connectivity index (χ4v) is 4.05. The number of hydrogen-bond donors (Lipinski definition) is 1. The Bertz CT molecular complexity index is 217. The summed E-state index contributed by atoms with van der Waals surface area (Å²) < 4.78 is 0. The van der Waals surface area contributed by atoms with E-state index >= 15 is 0 Å². The highest BCUT2D eigenvalue weighted by atomic mass is 15.1. The molecule has 1 atom stereocenters. The van der Waals surface area contributed by atoms with Gasteiger partial charge in [-0.3, -0.25) is 0 Å². The first-order valence-electron chi connectivity index (χ1n) is 8.21. The predicted octanol–water partition coefficient (Wildman–Crippen LogP) is 3.28. The third-order valence-corrected chi connectivity index (χ3v) is 4.99. The summed E-state index contributed by atoms with van der Waals surface area (Å²) in [6.07, 6.45) is 11.7. The molecule has 2 nitrogen and oxygen atoms in total. The highest BCUT2D eigenvalue weighted by Crippen LogP contribution is 2.29. The van der Waals surface area contributed by atoms with Gasteiger partial charge in [-0.25, -0.2) is 0 Å². The van der Waals surface area contributed by atoms with E-state index in [1.54, 1.807) is 0 Å². The van der Waals surface area contributed by atoms with Crippen molar-refractivity contribution in [1.29, 1.82) is 0 Å². The molecule has 0 aromatic heterocycles. The number of nitrogens with one attached hydrogen (secondary N) is 1. The first-order chi connectivity index (χ1) is 8.79. The summed E-state index contributed by atoms with van der Waals surface area (Å²) in [5.41, 5.74) is 0. The van der Waals surface area contributed by atoms with E-state index in [4.69, 9.17) is 0 Å². The molecule has 0 heterocycles. The molecular formula is C16H32N2. The zero-order valence-electron chi connectivity index (χ0n) is 12.5. The van der Waals surface area contributed by atoms with E-state index in [-0.39, 0.29) is 0 Å². The van der Waals surface area contributed by atoms with Gasteiger partial charge < -0.3 is 10.2 Å². The van der Waals surface area contributed by atoms with Gasteiger partial charge in [0.05, 0.1) is 0 Å². The zero-order valence-corrected chi connectivity index (χ0v) is 12.5. The molecule has 2 saturated carbocycles. The third kappa shape index (κ3) is 4.24. The first kappa shape index (κ1) is 14.3. The standard InChI is InChI=1S/C16H32N2/c1-3-17-16(15-10-6-7-11-15)13-18(2)12-14-8-4-5-9-14/h14-17H,3-13H2,1-2H3. The largest absolute Gasteiger partial charge is 0.313 e. The lowest BCUT2D eigenvalue weighted by Crippen LogP contribution is -2.44. The van der Waals surface area contributed by atoms with Crippen LogP contribution < -0.4 is 5.32 Å². The van der Waals surface area contributed by atoms with Gasteiger partial charge in [-0.15, -0.1) is 0 Å². The van der Waals surface area contributed by atoms with E-state index in [2.05, 4.69) is 24.2 Å². The molecule has 0 spiro atoms. The minimum Gasteiger partial charge on any atom is -0.313 e. The van der Waals surface area contributed by atoms with E-state index in [1.807, 2.05) is 0 Å². The Morgan fingerprint density at radius 2 is 1.67 bits per heavy atom. The lowest BCUT2D eigenvalue weighted by molar-refractivity contribution is 0.217. The number of rotatable bonds is 7. The molecule has 0 aromatic carbocycles. The second-order valence-corrected chi connectivity index (χ2v) is 6.58. The summed E-state index contributed by atoms with van der Waals surface area (Å²) in [7, 11) is 2.33. The fourth-order valence-electron chi connectivity index (χ4n) is 4.05. The van der Waals surface area contributed by atoms with Crippen LogP contribution in [-0.2, 0) is 0 Å². The van der Waals surface area contributed by atoms with Crippen LogP contribution in [-0.4, -0.2) is 37.6 Å². The van der Waals surface area contributed by atoms with Crippen LogP contribution >= 0.6 is 0 Å². The maximum Gasteiger partial charge on any atom is 0.0222 e. The summed E-state index contributed by atoms with van der Waals surface area (Å²) in [5.74, 6) is 1.93. The Labute approximate surface area is 114 Å². The van der Waals surface area contributed by atoms with Gasteiger partial charge in [0.1, 0.15) is 0 Å². The Kier molecular flexibility index (Phi) is 5.97. The van der Waals surface area contributed by atoms with Crippen molar-refractivity contribution in [2.24, 2.45) is 11.8 Å². The van der Waals surface area contributed by atoms with E-state index < -0.39 is 0 Å². The van der Waals surface area contributed by atoms with Gasteiger partial charge >= 0.3 is 0 Å². The molecule has 2 aliphatic carbocycles. The first-order valence-corrected chi connectivity index (χ1v) is 8.21. The molecular weight excluding hydrogens is 220 g/mol. The van der Waals surface area contributed by atoms with Crippen LogP contribution in [0, 0.1) is 11.8 Å². The number of nitrogens with zero attached hydrogens (tertiary/aromatic N) is 1. The lowest BCUT2D eigenvalue weighted by atomic mass is 9.97. The summed E-state index contributed by atoms with van der Waals surface area (Å²) in [4.78, 5) is 2.60. The second kappa shape index (κ2) is 7.49. The Balaban J connectivity index is 1.75. The van der Waals surface area contributed by atoms with Crippen LogP contribution in [0.1, 0.15) is 58.3 Å². The quantitative estimate of drug-likeness (QED) is 0.748. The van der Waals surface area contributed by atoms with Crippen molar-refractivity contribution in [3.05, 3.63) is 0 Å². The number of hydrogen-bond acceptors (Lipinski definition) is 2. The Morgan fingerprint density at radius 1 is 1.06 bits per heavy atom. The van der Waals surface area contributed by atoms with Crippen molar-refractivity contribution in [3.8, 4) is 0 Å². The maximum absolute atomic E-state index is 3.74. The summed E-state index contributed by atoms with van der Waals surface area (Å²) in [5, 5.41) is 3.74. The molecule has 0 saturated heterocycles. The van der Waals surface area contributed by atoms with Crippen LogP contribution in [0.5, 0.6) is 0 Å². The molecule has 2 aliphatic rings. The van der Waals surface area contributed by atoms with Gasteiger partial charge in [-0.05, 0) is 51.1 Å². The fraction of sp³-hybridized carbons (Fsp3) is 1.00.